The normalized spacial score (nSPS) is 9.70. The maximum atomic E-state index is 11.9. The Morgan fingerprint density at radius 2 is 2.10 bits per heavy atom. The fourth-order valence-electron chi connectivity index (χ4n) is 1.52. The lowest BCUT2D eigenvalue weighted by Gasteiger charge is -2.09. The van der Waals surface area contributed by atoms with Crippen molar-refractivity contribution in [3.63, 3.8) is 0 Å². The summed E-state index contributed by atoms with van der Waals surface area (Å²) in [6, 6.07) is 3.95. The van der Waals surface area contributed by atoms with Crippen LogP contribution in [0.5, 0.6) is 5.75 Å². The summed E-state index contributed by atoms with van der Waals surface area (Å²) < 4.78 is 9.55. The summed E-state index contributed by atoms with van der Waals surface area (Å²) >= 11 is 0. The van der Waals surface area contributed by atoms with Crippen LogP contribution in [0.4, 0.5) is 5.69 Å². The van der Waals surface area contributed by atoms with Crippen LogP contribution in [0.25, 0.3) is 0 Å². The highest BCUT2D eigenvalue weighted by atomic mass is 16.6. The molecule has 0 bridgehead atoms. The number of ether oxygens (including phenoxy) is 2. The zero-order chi connectivity index (χ0) is 15.1. The van der Waals surface area contributed by atoms with E-state index in [0.717, 1.165) is 0 Å². The van der Waals surface area contributed by atoms with Crippen molar-refractivity contribution in [3.05, 3.63) is 33.9 Å². The summed E-state index contributed by atoms with van der Waals surface area (Å²) in [6.07, 6.45) is 0. The first-order valence-corrected chi connectivity index (χ1v) is 5.76. The van der Waals surface area contributed by atoms with Crippen LogP contribution in [-0.2, 0) is 9.53 Å². The Bertz CT molecular complexity index is 529. The van der Waals surface area contributed by atoms with Crippen molar-refractivity contribution in [2.24, 2.45) is 0 Å². The van der Waals surface area contributed by atoms with Crippen LogP contribution in [0.2, 0.25) is 0 Å². The van der Waals surface area contributed by atoms with E-state index in [-0.39, 0.29) is 30.2 Å². The van der Waals surface area contributed by atoms with Gasteiger partial charge in [0.05, 0.1) is 24.2 Å². The lowest BCUT2D eigenvalue weighted by atomic mass is 10.1. The van der Waals surface area contributed by atoms with Crippen molar-refractivity contribution in [1.29, 1.82) is 0 Å². The Kier molecular flexibility index (Phi) is 5.45. The quantitative estimate of drug-likeness (QED) is 0.471. The largest absolute Gasteiger partial charge is 0.490 e. The maximum absolute atomic E-state index is 11.9. The third-order valence-corrected chi connectivity index (χ3v) is 2.34. The Morgan fingerprint density at radius 1 is 1.40 bits per heavy atom. The number of esters is 1. The number of para-hydroxylation sites is 1. The first-order chi connectivity index (χ1) is 9.51. The molecule has 20 heavy (non-hydrogen) atoms. The highest BCUT2D eigenvalue weighted by Gasteiger charge is 2.22. The topological polar surface area (TPSA) is 108 Å². The minimum absolute atomic E-state index is 0.0222. The first kappa shape index (κ1) is 15.4. The molecule has 0 fully saturated rings. The van der Waals surface area contributed by atoms with E-state index in [1.807, 2.05) is 0 Å². The molecule has 0 unspecified atom stereocenters. The molecule has 1 amide bonds. The van der Waals surface area contributed by atoms with Crippen molar-refractivity contribution >= 4 is 17.6 Å². The number of rotatable bonds is 6. The van der Waals surface area contributed by atoms with Crippen molar-refractivity contribution in [3.8, 4) is 5.75 Å². The molecule has 0 aliphatic rings. The number of hydrogen-bond acceptors (Lipinski definition) is 6. The number of nitrogens with zero attached hydrogens (tertiary/aromatic N) is 1. The number of benzene rings is 1. The average Bonchev–Trinajstić information content (AvgIpc) is 2.44. The smallest absolute Gasteiger partial charge is 0.325 e. The van der Waals surface area contributed by atoms with Crippen LogP contribution in [0.15, 0.2) is 18.2 Å². The van der Waals surface area contributed by atoms with Gasteiger partial charge in [0.15, 0.2) is 0 Å². The van der Waals surface area contributed by atoms with Crippen molar-refractivity contribution in [2.45, 2.75) is 6.92 Å². The maximum Gasteiger partial charge on any atom is 0.325 e. The molecule has 1 aromatic carbocycles. The lowest BCUT2D eigenvalue weighted by Crippen LogP contribution is -2.30. The van der Waals surface area contributed by atoms with Crippen LogP contribution < -0.4 is 10.1 Å². The average molecular weight is 282 g/mol. The molecule has 0 aliphatic heterocycles. The van der Waals surface area contributed by atoms with E-state index in [0.29, 0.717) is 0 Å². The molecule has 1 rings (SSSR count). The summed E-state index contributed by atoms with van der Waals surface area (Å²) in [4.78, 5) is 33.2. The molecule has 0 aliphatic carbocycles. The number of amides is 1. The van der Waals surface area contributed by atoms with Gasteiger partial charge in [0.1, 0.15) is 6.54 Å². The van der Waals surface area contributed by atoms with E-state index in [2.05, 4.69) is 10.1 Å². The van der Waals surface area contributed by atoms with E-state index in [9.17, 15) is 19.7 Å². The number of nitro groups is 1. The van der Waals surface area contributed by atoms with Gasteiger partial charge in [0.2, 0.25) is 5.75 Å². The van der Waals surface area contributed by atoms with Crippen molar-refractivity contribution in [2.75, 3.05) is 20.3 Å². The van der Waals surface area contributed by atoms with Crippen molar-refractivity contribution < 1.29 is 24.0 Å². The van der Waals surface area contributed by atoms with Gasteiger partial charge in [-0.1, -0.05) is 6.07 Å². The Hall–Kier alpha value is -2.64. The molecule has 0 saturated heterocycles. The Balaban J connectivity index is 2.90. The molecule has 1 aromatic rings. The molecule has 8 nitrogen and oxygen atoms in total. The van der Waals surface area contributed by atoms with Gasteiger partial charge in [-0.25, -0.2) is 0 Å². The number of carbonyl (C=O) groups excluding carboxylic acids is 2. The van der Waals surface area contributed by atoms with E-state index < -0.39 is 16.8 Å². The van der Waals surface area contributed by atoms with Crippen LogP contribution in [0.3, 0.4) is 0 Å². The summed E-state index contributed by atoms with van der Waals surface area (Å²) in [6.45, 7) is 1.52. The number of nitro benzene ring substituents is 1. The van der Waals surface area contributed by atoms with Gasteiger partial charge in [-0.15, -0.1) is 0 Å². The Morgan fingerprint density at radius 3 is 2.65 bits per heavy atom. The van der Waals surface area contributed by atoms with Gasteiger partial charge >= 0.3 is 11.7 Å². The van der Waals surface area contributed by atoms with E-state index in [1.54, 1.807) is 6.92 Å². The number of hydrogen-bond donors (Lipinski definition) is 1. The molecule has 0 aromatic heterocycles. The van der Waals surface area contributed by atoms with E-state index in [4.69, 9.17) is 4.74 Å². The molecule has 108 valence electrons. The molecule has 0 radical (unpaired) electrons. The van der Waals surface area contributed by atoms with Gasteiger partial charge < -0.3 is 14.8 Å². The second kappa shape index (κ2) is 7.07. The lowest BCUT2D eigenvalue weighted by molar-refractivity contribution is -0.385. The molecule has 1 N–H and O–H groups in total. The highest BCUT2D eigenvalue weighted by Crippen LogP contribution is 2.30. The van der Waals surface area contributed by atoms with Gasteiger partial charge in [0, 0.05) is 6.07 Å². The minimum atomic E-state index is -0.654. The van der Waals surface area contributed by atoms with Crippen LogP contribution in [-0.4, -0.2) is 37.1 Å². The predicted molar refractivity (Wildman–Crippen MR) is 68.6 cm³/mol. The SMILES string of the molecule is CCOC(=O)CNC(=O)c1cccc([N+](=O)[O-])c1OC. The zero-order valence-corrected chi connectivity index (χ0v) is 11.0. The molecule has 0 spiro atoms. The summed E-state index contributed by atoms with van der Waals surface area (Å²) in [5.41, 5.74) is -0.345. The zero-order valence-electron chi connectivity index (χ0n) is 11.0. The van der Waals surface area contributed by atoms with Crippen LogP contribution >= 0.6 is 0 Å². The van der Waals surface area contributed by atoms with Gasteiger partial charge in [0.25, 0.3) is 5.91 Å². The molecule has 8 heteroatoms. The molecule has 0 atom stereocenters. The van der Waals surface area contributed by atoms with Gasteiger partial charge in [-0.2, -0.15) is 0 Å². The van der Waals surface area contributed by atoms with Crippen LogP contribution in [0, 0.1) is 10.1 Å². The molecule has 0 heterocycles. The third-order valence-electron chi connectivity index (χ3n) is 2.34. The van der Waals surface area contributed by atoms with Crippen molar-refractivity contribution in [1.82, 2.24) is 5.32 Å². The second-order valence-electron chi connectivity index (χ2n) is 3.60. The predicted octanol–water partition coefficient (Wildman–Crippen LogP) is 0.896. The Labute approximate surface area is 114 Å². The number of carbonyl (C=O) groups is 2. The number of methoxy groups -OCH3 is 1. The molecular formula is C12H14N2O6. The molecule has 0 saturated carbocycles. The summed E-state index contributed by atoms with van der Waals surface area (Å²) in [5.74, 6) is -1.40. The monoisotopic (exact) mass is 282 g/mol. The fraction of sp³-hybridized carbons (Fsp3) is 0.333. The highest BCUT2D eigenvalue weighted by molar-refractivity contribution is 5.99. The fourth-order valence-corrected chi connectivity index (χ4v) is 1.52. The second-order valence-corrected chi connectivity index (χ2v) is 3.60. The first-order valence-electron chi connectivity index (χ1n) is 5.76. The standard InChI is InChI=1S/C12H14N2O6/c1-3-20-10(15)7-13-12(16)8-5-4-6-9(14(17)18)11(8)19-2/h4-6H,3,7H2,1-2H3,(H,13,16). The number of nitrogens with one attached hydrogen (secondary N) is 1. The minimum Gasteiger partial charge on any atom is -0.490 e. The summed E-state index contributed by atoms with van der Waals surface area (Å²) in [7, 11) is 1.23. The third kappa shape index (κ3) is 3.67. The molecular weight excluding hydrogens is 268 g/mol. The van der Waals surface area contributed by atoms with Gasteiger partial charge in [-0.05, 0) is 13.0 Å². The van der Waals surface area contributed by atoms with E-state index in [1.165, 1.54) is 25.3 Å². The summed E-state index contributed by atoms with van der Waals surface area (Å²) in [5, 5.41) is 13.1. The van der Waals surface area contributed by atoms with E-state index >= 15 is 0 Å². The van der Waals surface area contributed by atoms with Gasteiger partial charge in [-0.3, -0.25) is 19.7 Å². The van der Waals surface area contributed by atoms with Crippen LogP contribution in [0.1, 0.15) is 17.3 Å².